The molecule has 0 aliphatic carbocycles. The Morgan fingerprint density at radius 1 is 1.50 bits per heavy atom. The quantitative estimate of drug-likeness (QED) is 0.819. The number of carboxylic acids is 1. The number of hydrogen-bond acceptors (Lipinski definition) is 3. The number of likely N-dealkylation sites (tertiary alicyclic amines) is 1. The number of nitrogens with zero attached hydrogens (tertiary/aromatic N) is 1. The van der Waals surface area contributed by atoms with Gasteiger partial charge in [-0.15, -0.1) is 0 Å². The molecule has 0 aromatic heterocycles. The highest BCUT2D eigenvalue weighted by Crippen LogP contribution is 2.30. The molecule has 1 unspecified atom stereocenters. The Hall–Kier alpha value is -0.430. The maximum atomic E-state index is 11.9. The van der Waals surface area contributed by atoms with E-state index in [2.05, 4.69) is 0 Å². The molecular weight excluding hydrogens is 243 g/mol. The first kappa shape index (κ1) is 13.6. The van der Waals surface area contributed by atoms with Gasteiger partial charge in [-0.05, 0) is 31.1 Å². The van der Waals surface area contributed by atoms with Gasteiger partial charge in [0.1, 0.15) is 0 Å². The van der Waals surface area contributed by atoms with Crippen LogP contribution < -0.4 is 0 Å². The van der Waals surface area contributed by atoms with Crippen molar-refractivity contribution in [1.29, 1.82) is 0 Å². The number of carboxylic acid groups (broad SMARTS) is 1. The predicted octanol–water partition coefficient (Wildman–Crippen LogP) is 2.18. The zero-order valence-corrected chi connectivity index (χ0v) is 9.48. The van der Waals surface area contributed by atoms with Crippen LogP contribution in [0.2, 0.25) is 0 Å². The second-order valence-corrected chi connectivity index (χ2v) is 4.88. The Morgan fingerprint density at radius 2 is 2.19 bits per heavy atom. The van der Waals surface area contributed by atoms with E-state index in [0.717, 1.165) is 12.8 Å². The van der Waals surface area contributed by atoms with E-state index >= 15 is 0 Å². The summed E-state index contributed by atoms with van der Waals surface area (Å²) in [6.45, 7) is 1.01. The summed E-state index contributed by atoms with van der Waals surface area (Å²) in [5.74, 6) is -0.917. The molecule has 0 spiro atoms. The molecule has 0 radical (unpaired) electrons. The summed E-state index contributed by atoms with van der Waals surface area (Å²) in [6, 6.07) is -0.0914. The molecule has 16 heavy (non-hydrogen) atoms. The number of hydrogen-bond donors (Lipinski definition) is 1. The Kier molecular flexibility index (Phi) is 4.91. The summed E-state index contributed by atoms with van der Waals surface area (Å²) in [4.78, 5) is 12.4. The third-order valence-electron chi connectivity index (χ3n) is 2.55. The zero-order chi connectivity index (χ0) is 12.2. The lowest BCUT2D eigenvalue weighted by atomic mass is 10.1. The van der Waals surface area contributed by atoms with Crippen molar-refractivity contribution in [1.82, 2.24) is 4.90 Å². The molecule has 1 aliphatic rings. The summed E-state index contributed by atoms with van der Waals surface area (Å²) >= 11 is -0.0478. The standard InChI is InChI=1S/C9H14F3NO2S/c10-9(11,12)16-5-4-13-3-1-2-7(13)6-8(14)15/h7H,1-6H2,(H,14,15). The van der Waals surface area contributed by atoms with E-state index in [1.807, 2.05) is 4.90 Å². The third-order valence-corrected chi connectivity index (χ3v) is 3.27. The predicted molar refractivity (Wildman–Crippen MR) is 55.4 cm³/mol. The van der Waals surface area contributed by atoms with Gasteiger partial charge in [-0.1, -0.05) is 0 Å². The normalized spacial score (nSPS) is 22.6. The van der Waals surface area contributed by atoms with Gasteiger partial charge < -0.3 is 5.11 Å². The van der Waals surface area contributed by atoms with Crippen LogP contribution in [0.4, 0.5) is 13.2 Å². The minimum atomic E-state index is -4.19. The van der Waals surface area contributed by atoms with Crippen molar-refractivity contribution in [2.45, 2.75) is 30.8 Å². The van der Waals surface area contributed by atoms with Crippen LogP contribution in [0.15, 0.2) is 0 Å². The van der Waals surface area contributed by atoms with E-state index in [9.17, 15) is 18.0 Å². The highest BCUT2D eigenvalue weighted by atomic mass is 32.2. The summed E-state index contributed by atoms with van der Waals surface area (Å²) in [6.07, 6.45) is 1.66. The summed E-state index contributed by atoms with van der Waals surface area (Å²) < 4.78 is 35.7. The minimum absolute atomic E-state index is 0.0245. The largest absolute Gasteiger partial charge is 0.481 e. The lowest BCUT2D eigenvalue weighted by molar-refractivity contribution is -0.138. The number of halogens is 3. The van der Waals surface area contributed by atoms with Crippen LogP contribution in [0.1, 0.15) is 19.3 Å². The van der Waals surface area contributed by atoms with Gasteiger partial charge in [-0.25, -0.2) is 0 Å². The number of alkyl halides is 3. The van der Waals surface area contributed by atoms with Crippen molar-refractivity contribution in [2.75, 3.05) is 18.8 Å². The Balaban J connectivity index is 2.27. The smallest absolute Gasteiger partial charge is 0.441 e. The van der Waals surface area contributed by atoms with Crippen molar-refractivity contribution >= 4 is 17.7 Å². The van der Waals surface area contributed by atoms with Crippen LogP contribution in [-0.4, -0.2) is 46.4 Å². The van der Waals surface area contributed by atoms with Gasteiger partial charge in [0, 0.05) is 18.3 Å². The van der Waals surface area contributed by atoms with Crippen molar-refractivity contribution in [2.24, 2.45) is 0 Å². The second kappa shape index (κ2) is 5.77. The van der Waals surface area contributed by atoms with Crippen molar-refractivity contribution in [3.05, 3.63) is 0 Å². The van der Waals surface area contributed by atoms with Gasteiger partial charge in [0.15, 0.2) is 0 Å². The topological polar surface area (TPSA) is 40.5 Å². The first-order chi connectivity index (χ1) is 7.38. The minimum Gasteiger partial charge on any atom is -0.481 e. The van der Waals surface area contributed by atoms with Gasteiger partial charge >= 0.3 is 11.5 Å². The maximum absolute atomic E-state index is 11.9. The fourth-order valence-electron chi connectivity index (χ4n) is 1.90. The van der Waals surface area contributed by atoms with Crippen LogP contribution in [0.5, 0.6) is 0 Å². The molecule has 3 nitrogen and oxygen atoms in total. The fourth-order valence-corrected chi connectivity index (χ4v) is 2.46. The fraction of sp³-hybridized carbons (Fsp3) is 0.889. The zero-order valence-electron chi connectivity index (χ0n) is 8.66. The van der Waals surface area contributed by atoms with Crippen molar-refractivity contribution < 1.29 is 23.1 Å². The van der Waals surface area contributed by atoms with Gasteiger partial charge in [0.25, 0.3) is 0 Å². The number of thioether (sulfide) groups is 1. The monoisotopic (exact) mass is 257 g/mol. The molecule has 1 heterocycles. The molecule has 0 bridgehead atoms. The molecule has 0 aromatic rings. The Labute approximate surface area is 96.0 Å². The number of carbonyl (C=O) groups is 1. The first-order valence-corrected chi connectivity index (χ1v) is 6.03. The van der Waals surface area contributed by atoms with Crippen LogP contribution in [-0.2, 0) is 4.79 Å². The second-order valence-electron chi connectivity index (χ2n) is 3.72. The van der Waals surface area contributed by atoms with Crippen LogP contribution in [0, 0.1) is 0 Å². The van der Waals surface area contributed by atoms with Gasteiger partial charge in [0.2, 0.25) is 0 Å². The van der Waals surface area contributed by atoms with Gasteiger partial charge in [-0.3, -0.25) is 9.69 Å². The molecule has 0 saturated carbocycles. The Bertz CT molecular complexity index is 247. The van der Waals surface area contributed by atoms with Crippen LogP contribution in [0.25, 0.3) is 0 Å². The molecular formula is C9H14F3NO2S. The van der Waals surface area contributed by atoms with E-state index in [-0.39, 0.29) is 30.0 Å². The van der Waals surface area contributed by atoms with E-state index in [0.29, 0.717) is 13.1 Å². The highest BCUT2D eigenvalue weighted by molar-refractivity contribution is 8.00. The highest BCUT2D eigenvalue weighted by Gasteiger charge is 2.30. The third kappa shape index (κ3) is 5.07. The summed E-state index contributed by atoms with van der Waals surface area (Å²) in [5.41, 5.74) is -4.19. The molecule has 1 fully saturated rings. The summed E-state index contributed by atoms with van der Waals surface area (Å²) in [5, 5.41) is 8.63. The molecule has 1 saturated heterocycles. The number of aliphatic carboxylic acids is 1. The van der Waals surface area contributed by atoms with E-state index in [1.165, 1.54) is 0 Å². The molecule has 7 heteroatoms. The van der Waals surface area contributed by atoms with E-state index < -0.39 is 11.5 Å². The van der Waals surface area contributed by atoms with Gasteiger partial charge in [0.05, 0.1) is 6.42 Å². The molecule has 1 N–H and O–H groups in total. The molecule has 1 rings (SSSR count). The molecule has 1 atom stereocenters. The maximum Gasteiger partial charge on any atom is 0.441 e. The van der Waals surface area contributed by atoms with Crippen LogP contribution >= 0.6 is 11.8 Å². The van der Waals surface area contributed by atoms with Crippen molar-refractivity contribution in [3.8, 4) is 0 Å². The van der Waals surface area contributed by atoms with E-state index in [4.69, 9.17) is 5.11 Å². The summed E-state index contributed by atoms with van der Waals surface area (Å²) in [7, 11) is 0. The molecule has 0 amide bonds. The van der Waals surface area contributed by atoms with Crippen LogP contribution in [0.3, 0.4) is 0 Å². The van der Waals surface area contributed by atoms with Crippen molar-refractivity contribution in [3.63, 3.8) is 0 Å². The average molecular weight is 257 g/mol. The van der Waals surface area contributed by atoms with E-state index in [1.54, 1.807) is 0 Å². The number of rotatable bonds is 5. The Morgan fingerprint density at radius 3 is 2.75 bits per heavy atom. The molecule has 0 aromatic carbocycles. The van der Waals surface area contributed by atoms with Gasteiger partial charge in [-0.2, -0.15) is 13.2 Å². The SMILES string of the molecule is O=C(O)CC1CCCN1CCSC(F)(F)F. The lowest BCUT2D eigenvalue weighted by Crippen LogP contribution is -2.33. The average Bonchev–Trinajstić information content (AvgIpc) is 2.49. The molecule has 1 aliphatic heterocycles. The molecule has 94 valence electrons. The first-order valence-electron chi connectivity index (χ1n) is 5.05. The lowest BCUT2D eigenvalue weighted by Gasteiger charge is -2.22.